The highest BCUT2D eigenvalue weighted by Gasteiger charge is 2.26. The number of carbonyl (C=O) groups is 2. The molecule has 1 saturated heterocycles. The summed E-state index contributed by atoms with van der Waals surface area (Å²) in [6.45, 7) is 6.38. The number of likely N-dealkylation sites (tertiary alicyclic amines) is 1. The number of anilines is 4. The highest BCUT2D eigenvalue weighted by Crippen LogP contribution is 2.40. The van der Waals surface area contributed by atoms with Crippen LogP contribution >= 0.6 is 0 Å². The zero-order valence-corrected chi connectivity index (χ0v) is 26.2. The molecule has 1 atom stereocenters. The number of nitrogens with zero attached hydrogens (tertiary/aromatic N) is 5. The van der Waals surface area contributed by atoms with Crippen LogP contribution in [0.25, 0.3) is 22.2 Å². The molecule has 11 nitrogen and oxygen atoms in total. The van der Waals surface area contributed by atoms with E-state index in [-0.39, 0.29) is 17.4 Å². The Balaban J connectivity index is 1.41. The summed E-state index contributed by atoms with van der Waals surface area (Å²) in [5.74, 6) is -0.0382. The van der Waals surface area contributed by atoms with Crippen molar-refractivity contribution < 1.29 is 19.1 Å². The number of hydrogen-bond acceptors (Lipinski definition) is 9. The van der Waals surface area contributed by atoms with Crippen molar-refractivity contribution in [2.24, 2.45) is 0 Å². The number of likely N-dealkylation sites (N-methyl/N-ethyl adjacent to an activating group) is 2. The predicted octanol–water partition coefficient (Wildman–Crippen LogP) is 5.24. The van der Waals surface area contributed by atoms with E-state index in [9.17, 15) is 9.59 Å². The van der Waals surface area contributed by atoms with Crippen molar-refractivity contribution in [1.82, 2.24) is 19.4 Å². The maximum Gasteiger partial charge on any atom is 0.341 e. The zero-order valence-electron chi connectivity index (χ0n) is 26.2. The van der Waals surface area contributed by atoms with E-state index < -0.39 is 5.97 Å². The third kappa shape index (κ3) is 5.83. The number of aromatic nitrogens is 3. The van der Waals surface area contributed by atoms with E-state index in [2.05, 4.69) is 61.9 Å². The lowest BCUT2D eigenvalue weighted by Gasteiger charge is -2.29. The fourth-order valence-corrected chi connectivity index (χ4v) is 6.53. The van der Waals surface area contributed by atoms with Crippen molar-refractivity contribution in [3.8, 4) is 17.0 Å². The zero-order chi connectivity index (χ0) is 31.7. The van der Waals surface area contributed by atoms with Crippen LogP contribution in [0.1, 0.15) is 35.2 Å². The monoisotopic (exact) mass is 609 g/mol. The van der Waals surface area contributed by atoms with Gasteiger partial charge in [0.05, 0.1) is 42.5 Å². The summed E-state index contributed by atoms with van der Waals surface area (Å²) in [6.07, 6.45) is 9.12. The van der Waals surface area contributed by atoms with Gasteiger partial charge in [0.15, 0.2) is 0 Å². The summed E-state index contributed by atoms with van der Waals surface area (Å²) >= 11 is 0. The first-order chi connectivity index (χ1) is 21.8. The first kappa shape index (κ1) is 30.1. The summed E-state index contributed by atoms with van der Waals surface area (Å²) in [5.41, 5.74) is 5.96. The van der Waals surface area contributed by atoms with Gasteiger partial charge in [-0.1, -0.05) is 24.8 Å². The van der Waals surface area contributed by atoms with Crippen LogP contribution in [-0.4, -0.2) is 78.8 Å². The van der Waals surface area contributed by atoms with E-state index in [0.717, 1.165) is 61.1 Å². The molecular formula is C34H39N7O4. The van der Waals surface area contributed by atoms with Gasteiger partial charge in [0.2, 0.25) is 11.9 Å². The highest BCUT2D eigenvalue weighted by molar-refractivity contribution is 6.04. The van der Waals surface area contributed by atoms with Crippen molar-refractivity contribution in [2.75, 3.05) is 56.9 Å². The Morgan fingerprint density at radius 3 is 2.76 bits per heavy atom. The molecule has 2 aromatic carbocycles. The van der Waals surface area contributed by atoms with Gasteiger partial charge >= 0.3 is 5.97 Å². The van der Waals surface area contributed by atoms with E-state index in [1.54, 1.807) is 7.11 Å². The minimum atomic E-state index is -0.518. The summed E-state index contributed by atoms with van der Waals surface area (Å²) in [6, 6.07) is 10.4. The normalized spacial score (nSPS) is 16.0. The fraction of sp³-hybridized carbons (Fsp3) is 0.353. The number of nitrogens with one attached hydrogen (secondary N) is 2. The summed E-state index contributed by atoms with van der Waals surface area (Å²) in [7, 11) is 7.10. The van der Waals surface area contributed by atoms with Crippen LogP contribution in [0, 0.1) is 0 Å². The number of carbonyl (C=O) groups excluding carboxylic acids is 2. The number of methoxy groups -OCH3 is 2. The molecule has 0 spiro atoms. The maximum absolute atomic E-state index is 12.9. The van der Waals surface area contributed by atoms with Gasteiger partial charge in [-0.3, -0.25) is 4.79 Å². The number of rotatable bonds is 10. The molecule has 2 aromatic heterocycles. The molecule has 1 fully saturated rings. The Bertz CT molecular complexity index is 1780. The standard InChI is InChI=1S/C34H39N7O4/c1-6-30(42)36-26-16-27(29(44-4)17-28(26)40(3)19-22-12-9-14-39(22)2)37-34-35-18-24(33(43)45-5)31(38-34)25-20-41-15-8-11-21-10-7-13-23(25)32(21)41/h6-7,10,13,16-18,20,22H,1,8-9,11-12,14-15,19H2,2-5H3,(H,36,42)(H,35,37,38). The summed E-state index contributed by atoms with van der Waals surface area (Å²) in [4.78, 5) is 39.2. The molecule has 1 amide bonds. The quantitative estimate of drug-likeness (QED) is 0.184. The molecule has 45 heavy (non-hydrogen) atoms. The minimum absolute atomic E-state index is 0.262. The van der Waals surface area contributed by atoms with Crippen LogP contribution in [-0.2, 0) is 22.5 Å². The van der Waals surface area contributed by atoms with Crippen LogP contribution in [0.4, 0.5) is 23.0 Å². The molecule has 234 valence electrons. The lowest BCUT2D eigenvalue weighted by molar-refractivity contribution is -0.111. The van der Waals surface area contributed by atoms with Crippen molar-refractivity contribution in [3.05, 3.63) is 66.5 Å². The molecule has 4 aromatic rings. The van der Waals surface area contributed by atoms with Crippen molar-refractivity contribution in [1.29, 1.82) is 0 Å². The molecule has 11 heteroatoms. The third-order valence-corrected chi connectivity index (χ3v) is 8.85. The van der Waals surface area contributed by atoms with Gasteiger partial charge in [-0.25, -0.2) is 14.8 Å². The van der Waals surface area contributed by atoms with Gasteiger partial charge < -0.3 is 34.5 Å². The molecule has 2 aliphatic rings. The molecular weight excluding hydrogens is 570 g/mol. The Kier molecular flexibility index (Phi) is 8.44. The van der Waals surface area contributed by atoms with Crippen LogP contribution in [0.2, 0.25) is 0 Å². The van der Waals surface area contributed by atoms with Crippen LogP contribution in [0.5, 0.6) is 5.75 Å². The summed E-state index contributed by atoms with van der Waals surface area (Å²) < 4.78 is 13.1. The third-order valence-electron chi connectivity index (χ3n) is 8.85. The predicted molar refractivity (Wildman–Crippen MR) is 177 cm³/mol. The number of benzene rings is 2. The second-order valence-electron chi connectivity index (χ2n) is 11.6. The number of para-hydroxylation sites is 1. The largest absolute Gasteiger partial charge is 0.494 e. The molecule has 1 unspecified atom stereocenters. The fourth-order valence-electron chi connectivity index (χ4n) is 6.53. The van der Waals surface area contributed by atoms with Gasteiger partial charge in [0, 0.05) is 55.6 Å². The molecule has 4 heterocycles. The summed E-state index contributed by atoms with van der Waals surface area (Å²) in [5, 5.41) is 7.25. The molecule has 2 aliphatic heterocycles. The Morgan fingerprint density at radius 2 is 2.02 bits per heavy atom. The minimum Gasteiger partial charge on any atom is -0.494 e. The van der Waals surface area contributed by atoms with Crippen LogP contribution in [0.15, 0.2) is 55.4 Å². The number of esters is 1. The smallest absolute Gasteiger partial charge is 0.341 e. The Hall–Kier alpha value is -4.90. The van der Waals surface area contributed by atoms with Gasteiger partial charge in [0.25, 0.3) is 0 Å². The lowest BCUT2D eigenvalue weighted by atomic mass is 10.0. The van der Waals surface area contributed by atoms with Crippen molar-refractivity contribution in [2.45, 2.75) is 38.3 Å². The van der Waals surface area contributed by atoms with E-state index in [1.165, 1.54) is 31.4 Å². The lowest BCUT2D eigenvalue weighted by Crippen LogP contribution is -2.37. The Labute approximate surface area is 262 Å². The topological polar surface area (TPSA) is 114 Å². The second kappa shape index (κ2) is 12.6. The van der Waals surface area contributed by atoms with E-state index in [0.29, 0.717) is 28.9 Å². The van der Waals surface area contributed by atoms with E-state index >= 15 is 0 Å². The first-order valence-corrected chi connectivity index (χ1v) is 15.2. The molecule has 6 rings (SSSR count). The van der Waals surface area contributed by atoms with Crippen molar-refractivity contribution in [3.63, 3.8) is 0 Å². The number of hydrogen-bond donors (Lipinski definition) is 2. The molecule has 0 aliphatic carbocycles. The van der Waals surface area contributed by atoms with Gasteiger partial charge in [-0.2, -0.15) is 0 Å². The van der Waals surface area contributed by atoms with Gasteiger partial charge in [0.1, 0.15) is 11.3 Å². The number of aryl methyl sites for hydroxylation is 2. The number of ether oxygens (including phenoxy) is 2. The molecule has 2 N–H and O–H groups in total. The maximum atomic E-state index is 12.9. The Morgan fingerprint density at radius 1 is 1.18 bits per heavy atom. The first-order valence-electron chi connectivity index (χ1n) is 15.2. The van der Waals surface area contributed by atoms with E-state index in [4.69, 9.17) is 14.5 Å². The van der Waals surface area contributed by atoms with E-state index in [1.807, 2.05) is 25.2 Å². The molecule has 0 saturated carbocycles. The second-order valence-corrected chi connectivity index (χ2v) is 11.6. The molecule has 0 radical (unpaired) electrons. The van der Waals surface area contributed by atoms with Crippen LogP contribution in [0.3, 0.4) is 0 Å². The average molecular weight is 610 g/mol. The van der Waals surface area contributed by atoms with Gasteiger partial charge in [-0.15, -0.1) is 0 Å². The average Bonchev–Trinajstić information content (AvgIpc) is 3.64. The van der Waals surface area contributed by atoms with Crippen LogP contribution < -0.4 is 20.3 Å². The molecule has 0 bridgehead atoms. The highest BCUT2D eigenvalue weighted by atomic mass is 16.5. The SMILES string of the molecule is C=CC(=O)Nc1cc(Nc2ncc(C(=O)OC)c(-c3cn4c5c(cccc35)CCC4)n2)c(OC)cc1N(C)CC1CCCN1C. The van der Waals surface area contributed by atoms with Crippen molar-refractivity contribution >= 4 is 45.8 Å². The number of amides is 1. The van der Waals surface area contributed by atoms with Gasteiger partial charge in [-0.05, 0) is 57.0 Å².